The van der Waals surface area contributed by atoms with Crippen LogP contribution in [0.15, 0.2) is 478 Å². The van der Waals surface area contributed by atoms with Crippen LogP contribution in [0.25, 0.3) is 272 Å². The van der Waals surface area contributed by atoms with Crippen molar-refractivity contribution in [2.24, 2.45) is 0 Å². The van der Waals surface area contributed by atoms with Crippen LogP contribution in [0.3, 0.4) is 0 Å². The van der Waals surface area contributed by atoms with E-state index < -0.39 is 0 Å². The van der Waals surface area contributed by atoms with E-state index in [1.807, 2.05) is 59.1 Å². The minimum Gasteiger partial charge on any atom is -0.455 e. The highest BCUT2D eigenvalue weighted by atomic mass is 32.1. The van der Waals surface area contributed by atoms with Crippen LogP contribution in [0.4, 0.5) is 0 Å². The average molecular weight is 1810 g/mol. The monoisotopic (exact) mass is 1810 g/mol. The minimum absolute atomic E-state index is 0.865. The van der Waals surface area contributed by atoms with Gasteiger partial charge in [0.15, 0.2) is 0 Å². The summed E-state index contributed by atoms with van der Waals surface area (Å²) in [5, 5.41) is 22.6. The molecule has 31 aromatic rings. The summed E-state index contributed by atoms with van der Waals surface area (Å²) in [4.78, 5) is 10.3. The van der Waals surface area contributed by atoms with Crippen molar-refractivity contribution in [1.29, 1.82) is 0 Å². The number of rotatable bonds is 9. The van der Waals surface area contributed by atoms with E-state index in [1.54, 1.807) is 0 Å². The van der Waals surface area contributed by atoms with Crippen LogP contribution in [0, 0.1) is 0 Å². The van der Waals surface area contributed by atoms with Crippen LogP contribution in [-0.4, -0.2) is 37.4 Å². The zero-order valence-corrected chi connectivity index (χ0v) is 76.5. The average Bonchev–Trinajstić information content (AvgIpc) is 1.54. The highest BCUT2D eigenvalue weighted by Gasteiger charge is 2.28. The molecule has 0 unspecified atom stereocenters. The third-order valence-electron chi connectivity index (χ3n) is 28.5. The summed E-state index contributed by atoms with van der Waals surface area (Å²) in [7, 11) is 0. The van der Waals surface area contributed by atoms with E-state index in [1.165, 1.54) is 167 Å². The number of aromatic nitrogens is 8. The van der Waals surface area contributed by atoms with E-state index >= 15 is 0 Å². The first kappa shape index (κ1) is 78.5. The first-order valence-electron chi connectivity index (χ1n) is 47.2. The predicted molar refractivity (Wildman–Crippen MR) is 588 cm³/mol. The topological polar surface area (TPSA) is 68.5 Å². The molecule has 9 nitrogen and oxygen atoms in total. The van der Waals surface area contributed by atoms with Gasteiger partial charge < -0.3 is 31.8 Å². The van der Waals surface area contributed by atoms with Crippen molar-refractivity contribution >= 4 is 227 Å². The summed E-state index contributed by atoms with van der Waals surface area (Å²) in [5.74, 6) is 0. The minimum atomic E-state index is 0.865. The molecular weight excluding hydrogens is 1730 g/mol. The molecule has 31 rings (SSSR count). The van der Waals surface area contributed by atoms with Gasteiger partial charge in [-0.25, -0.2) is 9.97 Å². The zero-order chi connectivity index (χ0) is 91.0. The molecule has 0 aliphatic heterocycles. The Morgan fingerprint density at radius 3 is 0.942 bits per heavy atom. The maximum atomic E-state index is 6.68. The third-order valence-corrected chi connectivity index (χ3v) is 30.9. The largest absolute Gasteiger partial charge is 0.455 e. The lowest BCUT2D eigenvalue weighted by atomic mass is 10.0. The standard InChI is InChI=1S/C50H30N4O.C42H26N2S.C36H22N2S/c1-3-13-31(14-4-1)48-49(52-41-20-10-9-19-40(41)51-48)32-23-25-34(26-24-32)53-42-21-11-7-17-35(42)38-29-39-45(30-44(38)53)54(33-15-5-2-6-16-33)43-28-27-37-36-18-8-12-22-46(36)55-50(37)47(39)43;1-3-12-27(13-4-1)28-14-11-17-30(24-28)44-36-20-9-7-18-31(36)34-25-35-39(26-38(34)44)43(29-15-5-2-6-16-29)37-23-22-33-32-19-8-10-21-40(32)45-42(33)41(35)37;1-3-11-23(12-4-1)37-30-17-9-7-15-25(30)28-21-29-33(22-32(28)37)38(24-13-5-2-6-14-24)31-20-19-27-26-16-8-10-18-34(26)39-36(27)35(29)31/h1-30H;1-26H;1-22H. The van der Waals surface area contributed by atoms with Gasteiger partial charge in [-0.05, 0) is 193 Å². The molecule has 648 valence electrons. The van der Waals surface area contributed by atoms with Gasteiger partial charge in [0.2, 0.25) is 0 Å². The molecule has 0 N–H and O–H groups in total. The highest BCUT2D eigenvalue weighted by molar-refractivity contribution is 7.27. The van der Waals surface area contributed by atoms with E-state index in [9.17, 15) is 0 Å². The summed E-state index contributed by atoms with van der Waals surface area (Å²) in [6, 6.07) is 170. The van der Waals surface area contributed by atoms with Gasteiger partial charge in [-0.3, -0.25) is 0 Å². The summed E-state index contributed by atoms with van der Waals surface area (Å²) in [5.41, 5.74) is 31.0. The molecule has 0 saturated carbocycles. The Bertz CT molecular complexity index is 10500. The van der Waals surface area contributed by atoms with E-state index in [0.717, 1.165) is 105 Å². The van der Waals surface area contributed by atoms with Gasteiger partial charge in [0.1, 0.15) is 11.2 Å². The second-order valence-corrected chi connectivity index (χ2v) is 38.2. The van der Waals surface area contributed by atoms with Crippen molar-refractivity contribution in [2.45, 2.75) is 0 Å². The van der Waals surface area contributed by atoms with Crippen LogP contribution in [0.2, 0.25) is 0 Å². The number of fused-ring (bicyclic) bond motifs is 31. The number of hydrogen-bond acceptors (Lipinski definition) is 5. The number of nitrogens with zero attached hydrogens (tertiary/aromatic N) is 8. The zero-order valence-electron chi connectivity index (χ0n) is 74.8. The van der Waals surface area contributed by atoms with Gasteiger partial charge in [-0.2, -0.15) is 0 Å². The molecule has 0 aliphatic rings. The van der Waals surface area contributed by atoms with Crippen LogP contribution < -0.4 is 0 Å². The molecule has 10 aromatic heterocycles. The molecule has 0 atom stereocenters. The maximum Gasteiger partial charge on any atom is 0.145 e. The van der Waals surface area contributed by atoms with Gasteiger partial charge in [0, 0.05) is 156 Å². The number of benzene rings is 21. The first-order valence-corrected chi connectivity index (χ1v) is 48.9. The molecule has 139 heavy (non-hydrogen) atoms. The molecule has 11 heteroatoms. The molecule has 0 amide bonds. The SMILES string of the molecule is c1ccc(-c2cccc(-n3c4ccccc4c4cc5c6c7sc8ccccc8c7ccc6n(-c6ccccc6)c5cc43)c2)cc1.c1ccc(-c2nc3ccccc3nc2-c2ccc(-n3c4ccccc4c4cc5c6c7oc8ccccc8c7ccc6n(-c6ccccc6)c5cc43)cc2)cc1.c1ccc(-n2c3ccccc3c3cc4c5c6sc7ccccc7c6ccc5n(-c5ccccc5)c4cc32)cc1. The van der Waals surface area contributed by atoms with Crippen molar-refractivity contribution in [2.75, 3.05) is 0 Å². The second-order valence-electron chi connectivity index (χ2n) is 36.1. The van der Waals surface area contributed by atoms with Crippen LogP contribution in [0.1, 0.15) is 0 Å². The van der Waals surface area contributed by atoms with Crippen LogP contribution in [0.5, 0.6) is 0 Å². The summed E-state index contributed by atoms with van der Waals surface area (Å²) in [6.45, 7) is 0. The number of thiophene rings is 2. The van der Waals surface area contributed by atoms with Gasteiger partial charge >= 0.3 is 0 Å². The Morgan fingerprint density at radius 2 is 0.489 bits per heavy atom. The molecule has 0 fully saturated rings. The lowest BCUT2D eigenvalue weighted by Gasteiger charge is -2.13. The predicted octanol–water partition coefficient (Wildman–Crippen LogP) is 35.2. The molecule has 21 aromatic carbocycles. The van der Waals surface area contributed by atoms with Crippen LogP contribution in [-0.2, 0) is 0 Å². The summed E-state index contributed by atoms with van der Waals surface area (Å²) >= 11 is 3.81. The fraction of sp³-hybridized carbons (Fsp3) is 0. The van der Waals surface area contributed by atoms with E-state index in [-0.39, 0.29) is 0 Å². The molecule has 10 heterocycles. The van der Waals surface area contributed by atoms with Gasteiger partial charge in [0.25, 0.3) is 0 Å². The Morgan fingerprint density at radius 1 is 0.173 bits per heavy atom. The van der Waals surface area contributed by atoms with Crippen molar-refractivity contribution < 1.29 is 4.42 Å². The molecule has 0 radical (unpaired) electrons. The van der Waals surface area contributed by atoms with Crippen molar-refractivity contribution in [1.82, 2.24) is 37.4 Å². The van der Waals surface area contributed by atoms with Gasteiger partial charge in [0.05, 0.1) is 94.0 Å². The smallest absolute Gasteiger partial charge is 0.145 e. The Labute approximate surface area is 803 Å². The number of para-hydroxylation sites is 10. The van der Waals surface area contributed by atoms with Gasteiger partial charge in [-0.1, -0.05) is 291 Å². The normalized spacial score (nSPS) is 12.0. The van der Waals surface area contributed by atoms with Crippen molar-refractivity contribution in [3.63, 3.8) is 0 Å². The van der Waals surface area contributed by atoms with E-state index in [4.69, 9.17) is 14.4 Å². The summed E-state index contributed by atoms with van der Waals surface area (Å²) < 4.78 is 26.6. The van der Waals surface area contributed by atoms with Crippen molar-refractivity contribution in [3.8, 4) is 67.8 Å². The second kappa shape index (κ2) is 31.3. The lowest BCUT2D eigenvalue weighted by molar-refractivity contribution is 0.673. The summed E-state index contributed by atoms with van der Waals surface area (Å²) in [6.07, 6.45) is 0. The molecule has 0 bridgehead atoms. The lowest BCUT2D eigenvalue weighted by Crippen LogP contribution is -1.97. The Hall–Kier alpha value is -18.0. The fourth-order valence-corrected chi connectivity index (χ4v) is 25.0. The van der Waals surface area contributed by atoms with Gasteiger partial charge in [-0.15, -0.1) is 22.7 Å². The quantitative estimate of drug-likeness (QED) is 0.145. The number of hydrogen-bond donors (Lipinski definition) is 0. The highest BCUT2D eigenvalue weighted by Crippen LogP contribution is 2.51. The molecule has 0 aliphatic carbocycles. The van der Waals surface area contributed by atoms with Crippen molar-refractivity contribution in [3.05, 3.63) is 473 Å². The third kappa shape index (κ3) is 12.2. The first-order chi connectivity index (χ1) is 69.0. The maximum absolute atomic E-state index is 6.68. The van der Waals surface area contributed by atoms with E-state index in [2.05, 4.69) is 464 Å². The molecule has 0 saturated heterocycles. The number of furan rings is 1. The molecular formula is C128H78N8OS2. The van der Waals surface area contributed by atoms with Crippen LogP contribution >= 0.6 is 22.7 Å². The fourth-order valence-electron chi connectivity index (χ4n) is 22.4. The Balaban J connectivity index is 0.000000102. The molecule has 0 spiro atoms. The Kier molecular flexibility index (Phi) is 17.7. The van der Waals surface area contributed by atoms with E-state index in [0.29, 0.717) is 0 Å².